The zero-order valence-electron chi connectivity index (χ0n) is 12.6. The molecule has 0 aromatic carbocycles. The highest BCUT2D eigenvalue weighted by atomic mass is 31.2. The van der Waals surface area contributed by atoms with Crippen LogP contribution >= 0.6 is 7.82 Å². The zero-order valence-corrected chi connectivity index (χ0v) is 13.5. The van der Waals surface area contributed by atoms with Crippen molar-refractivity contribution in [2.24, 2.45) is 0 Å². The van der Waals surface area contributed by atoms with Crippen molar-refractivity contribution >= 4 is 13.8 Å². The Morgan fingerprint density at radius 1 is 1.00 bits per heavy atom. The van der Waals surface area contributed by atoms with Gasteiger partial charge in [0.05, 0.1) is 6.61 Å². The SMILES string of the molecule is CC(=O)OC[C@H](O)COP(=O)(O)OC1[C@H](O)[C@H](O)C(O)[C@H](O)[C@H]1O. The number of carbonyl (C=O) groups is 1. The van der Waals surface area contributed by atoms with Gasteiger partial charge < -0.3 is 40.3 Å². The zero-order chi connectivity index (χ0) is 18.7. The van der Waals surface area contributed by atoms with Crippen molar-refractivity contribution < 1.29 is 58.7 Å². The van der Waals surface area contributed by atoms with Gasteiger partial charge in [-0.15, -0.1) is 0 Å². The molecule has 1 aliphatic carbocycles. The lowest BCUT2D eigenvalue weighted by Gasteiger charge is -2.41. The van der Waals surface area contributed by atoms with Crippen LogP contribution in [0.1, 0.15) is 6.92 Å². The summed E-state index contributed by atoms with van der Waals surface area (Å²) in [5.41, 5.74) is 0. The van der Waals surface area contributed by atoms with Gasteiger partial charge in [-0.3, -0.25) is 13.8 Å². The molecule has 0 aliphatic heterocycles. The predicted molar refractivity (Wildman–Crippen MR) is 73.3 cm³/mol. The number of hydrogen-bond donors (Lipinski definition) is 7. The fraction of sp³-hybridized carbons (Fsp3) is 0.909. The third-order valence-electron chi connectivity index (χ3n) is 3.24. The summed E-state index contributed by atoms with van der Waals surface area (Å²) in [5, 5.41) is 57.1. The first-order chi connectivity index (χ1) is 11.0. The van der Waals surface area contributed by atoms with Crippen LogP contribution in [-0.2, 0) is 23.1 Å². The molecule has 1 saturated carbocycles. The largest absolute Gasteiger partial charge is 0.472 e. The summed E-state index contributed by atoms with van der Waals surface area (Å²) < 4.78 is 25.1. The van der Waals surface area contributed by atoms with E-state index in [1.54, 1.807) is 0 Å². The van der Waals surface area contributed by atoms with Gasteiger partial charge in [0.15, 0.2) is 0 Å². The first-order valence-corrected chi connectivity index (χ1v) is 8.33. The lowest BCUT2D eigenvalue weighted by Crippen LogP contribution is -2.64. The van der Waals surface area contributed by atoms with Gasteiger partial charge >= 0.3 is 13.8 Å². The Balaban J connectivity index is 2.62. The molecule has 7 N–H and O–H groups in total. The Hall–Kier alpha value is -0.660. The second-order valence-electron chi connectivity index (χ2n) is 5.24. The second-order valence-corrected chi connectivity index (χ2v) is 6.65. The Morgan fingerprint density at radius 2 is 1.46 bits per heavy atom. The van der Waals surface area contributed by atoms with Gasteiger partial charge in [0.25, 0.3) is 0 Å². The third kappa shape index (κ3) is 5.70. The number of phosphoric ester groups is 1. The fourth-order valence-electron chi connectivity index (χ4n) is 1.95. The van der Waals surface area contributed by atoms with E-state index in [1.807, 2.05) is 0 Å². The molecule has 142 valence electrons. The van der Waals surface area contributed by atoms with E-state index in [1.165, 1.54) is 0 Å². The molecular formula is C11H21O12P. The summed E-state index contributed by atoms with van der Waals surface area (Å²) >= 11 is 0. The van der Waals surface area contributed by atoms with Crippen LogP contribution in [0.25, 0.3) is 0 Å². The van der Waals surface area contributed by atoms with Crippen molar-refractivity contribution in [1.82, 2.24) is 0 Å². The summed E-state index contributed by atoms with van der Waals surface area (Å²) in [6.07, 6.45) is -13.1. The number of aliphatic hydroxyl groups is 6. The number of ether oxygens (including phenoxy) is 1. The quantitative estimate of drug-likeness (QED) is 0.169. The van der Waals surface area contributed by atoms with E-state index in [-0.39, 0.29) is 0 Å². The number of esters is 1. The van der Waals surface area contributed by atoms with Crippen LogP contribution in [0, 0.1) is 0 Å². The molecule has 0 spiro atoms. The van der Waals surface area contributed by atoms with Gasteiger partial charge in [-0.05, 0) is 0 Å². The van der Waals surface area contributed by atoms with E-state index in [0.29, 0.717) is 0 Å². The van der Waals surface area contributed by atoms with E-state index in [2.05, 4.69) is 13.8 Å². The molecule has 13 heteroatoms. The first kappa shape index (κ1) is 21.4. The van der Waals surface area contributed by atoms with Crippen molar-refractivity contribution in [2.45, 2.75) is 49.7 Å². The Bertz CT molecular complexity index is 456. The molecule has 3 unspecified atom stereocenters. The summed E-state index contributed by atoms with van der Waals surface area (Å²) in [4.78, 5) is 20.1. The van der Waals surface area contributed by atoms with Crippen molar-refractivity contribution in [3.05, 3.63) is 0 Å². The molecule has 0 amide bonds. The maximum atomic E-state index is 11.8. The smallest absolute Gasteiger partial charge is 0.463 e. The molecule has 1 aliphatic rings. The maximum Gasteiger partial charge on any atom is 0.472 e. The van der Waals surface area contributed by atoms with Crippen LogP contribution in [0.4, 0.5) is 0 Å². The molecule has 0 radical (unpaired) electrons. The van der Waals surface area contributed by atoms with Gasteiger partial charge in [0.1, 0.15) is 49.3 Å². The predicted octanol–water partition coefficient (Wildman–Crippen LogP) is -3.77. The topological polar surface area (TPSA) is 203 Å². The summed E-state index contributed by atoms with van der Waals surface area (Å²) in [5.74, 6) is -0.688. The van der Waals surface area contributed by atoms with Gasteiger partial charge in [0.2, 0.25) is 0 Å². The van der Waals surface area contributed by atoms with Crippen molar-refractivity contribution in [3.63, 3.8) is 0 Å². The van der Waals surface area contributed by atoms with Crippen LogP contribution in [0.15, 0.2) is 0 Å². The van der Waals surface area contributed by atoms with E-state index in [9.17, 15) is 44.9 Å². The Morgan fingerprint density at radius 3 is 1.92 bits per heavy atom. The first-order valence-electron chi connectivity index (χ1n) is 6.83. The minimum atomic E-state index is -4.93. The van der Waals surface area contributed by atoms with Crippen LogP contribution in [-0.4, -0.2) is 97.4 Å². The van der Waals surface area contributed by atoms with Crippen LogP contribution < -0.4 is 0 Å². The number of phosphoric acid groups is 1. The summed E-state index contributed by atoms with van der Waals surface area (Å²) in [6, 6.07) is 0. The molecule has 0 heterocycles. The average molecular weight is 376 g/mol. The van der Waals surface area contributed by atoms with E-state index < -0.39 is 69.7 Å². The van der Waals surface area contributed by atoms with Crippen molar-refractivity contribution in [3.8, 4) is 0 Å². The molecule has 8 atom stereocenters. The second kappa shape index (κ2) is 8.63. The van der Waals surface area contributed by atoms with Crippen molar-refractivity contribution in [2.75, 3.05) is 13.2 Å². The van der Waals surface area contributed by atoms with Crippen LogP contribution in [0.2, 0.25) is 0 Å². The van der Waals surface area contributed by atoms with Gasteiger partial charge in [-0.25, -0.2) is 4.57 Å². The number of rotatable bonds is 7. The minimum Gasteiger partial charge on any atom is -0.463 e. The molecular weight excluding hydrogens is 355 g/mol. The third-order valence-corrected chi connectivity index (χ3v) is 4.22. The number of aliphatic hydroxyl groups excluding tert-OH is 6. The lowest BCUT2D eigenvalue weighted by molar-refractivity contribution is -0.220. The lowest BCUT2D eigenvalue weighted by atomic mass is 9.85. The molecule has 0 aromatic rings. The highest BCUT2D eigenvalue weighted by Crippen LogP contribution is 2.47. The summed E-state index contributed by atoms with van der Waals surface area (Å²) in [6.45, 7) is -0.203. The van der Waals surface area contributed by atoms with Gasteiger partial charge in [0, 0.05) is 6.92 Å². The molecule has 0 saturated heterocycles. The number of carbonyl (C=O) groups excluding carboxylic acids is 1. The Labute approximate surface area is 136 Å². The monoisotopic (exact) mass is 376 g/mol. The van der Waals surface area contributed by atoms with Crippen LogP contribution in [0.5, 0.6) is 0 Å². The molecule has 0 aromatic heterocycles. The van der Waals surface area contributed by atoms with Gasteiger partial charge in [-0.1, -0.05) is 0 Å². The van der Waals surface area contributed by atoms with Crippen LogP contribution in [0.3, 0.4) is 0 Å². The minimum absolute atomic E-state index is 0.506. The Kier molecular flexibility index (Phi) is 7.69. The molecule has 12 nitrogen and oxygen atoms in total. The van der Waals surface area contributed by atoms with Crippen molar-refractivity contribution in [1.29, 1.82) is 0 Å². The standard InChI is InChI=1S/C11H21O12P/c1-4(12)21-2-5(13)3-22-24(19,20)23-11-9(17)7(15)6(14)8(16)10(11)18/h5-11,13-18H,2-3H2,1H3,(H,19,20)/t5-,6?,7-,8+,9+,10+,11?/m0/s1. The number of hydrogen-bond acceptors (Lipinski definition) is 11. The molecule has 0 bridgehead atoms. The molecule has 1 rings (SSSR count). The fourth-order valence-corrected chi connectivity index (χ4v) is 2.93. The summed E-state index contributed by atoms with van der Waals surface area (Å²) in [7, 11) is -4.93. The van der Waals surface area contributed by atoms with Gasteiger partial charge in [-0.2, -0.15) is 0 Å². The van der Waals surface area contributed by atoms with E-state index in [4.69, 9.17) is 0 Å². The molecule has 1 fully saturated rings. The average Bonchev–Trinajstić information content (AvgIpc) is 2.51. The normalized spacial score (nSPS) is 37.5. The highest BCUT2D eigenvalue weighted by Gasteiger charge is 2.51. The van der Waals surface area contributed by atoms with E-state index in [0.717, 1.165) is 6.92 Å². The molecule has 24 heavy (non-hydrogen) atoms. The maximum absolute atomic E-state index is 11.8. The highest BCUT2D eigenvalue weighted by molar-refractivity contribution is 7.47. The van der Waals surface area contributed by atoms with E-state index >= 15 is 0 Å².